The van der Waals surface area contributed by atoms with Crippen molar-refractivity contribution in [3.8, 4) is 0 Å². The van der Waals surface area contributed by atoms with Crippen LogP contribution in [-0.2, 0) is 28.0 Å². The molecule has 2 heterocycles. The van der Waals surface area contributed by atoms with Gasteiger partial charge in [-0.2, -0.15) is 0 Å². The molecule has 10 nitrogen and oxygen atoms in total. The summed E-state index contributed by atoms with van der Waals surface area (Å²) in [5.74, 6) is 0.420. The highest BCUT2D eigenvalue weighted by Crippen LogP contribution is 2.20. The number of aromatic amines is 1. The number of piperazine rings is 1. The van der Waals surface area contributed by atoms with Gasteiger partial charge in [-0.15, -0.1) is 0 Å². The van der Waals surface area contributed by atoms with Gasteiger partial charge in [0.1, 0.15) is 5.82 Å². The van der Waals surface area contributed by atoms with Gasteiger partial charge in [-0.25, -0.2) is 18.0 Å². The number of carbonyl (C=O) groups excluding carboxylic acids is 1. The lowest BCUT2D eigenvalue weighted by atomic mass is 10.1. The predicted octanol–water partition coefficient (Wildman–Crippen LogP) is 0.346. The van der Waals surface area contributed by atoms with Gasteiger partial charge in [0.2, 0.25) is 0 Å². The smallest absolute Gasteiger partial charge is 0.409 e. The van der Waals surface area contributed by atoms with Crippen LogP contribution in [0.15, 0.2) is 38.8 Å². The normalized spacial score (nSPS) is 14.5. The Morgan fingerprint density at radius 1 is 1.10 bits per heavy atom. The summed E-state index contributed by atoms with van der Waals surface area (Å²) in [4.78, 5) is 43.5. The molecule has 0 radical (unpaired) electrons. The van der Waals surface area contributed by atoms with Crippen LogP contribution in [0.25, 0.3) is 0 Å². The van der Waals surface area contributed by atoms with E-state index in [4.69, 9.17) is 4.74 Å². The summed E-state index contributed by atoms with van der Waals surface area (Å²) in [6, 6.07) is 6.31. The van der Waals surface area contributed by atoms with Gasteiger partial charge in [-0.1, -0.05) is 12.1 Å². The van der Waals surface area contributed by atoms with Crippen molar-refractivity contribution in [1.82, 2.24) is 14.5 Å². The number of hydrogen-bond donors (Lipinski definition) is 1. The van der Waals surface area contributed by atoms with Crippen LogP contribution in [0.4, 0.5) is 10.6 Å². The van der Waals surface area contributed by atoms with Crippen LogP contribution >= 0.6 is 0 Å². The van der Waals surface area contributed by atoms with Crippen molar-refractivity contribution >= 4 is 21.7 Å². The lowest BCUT2D eigenvalue weighted by Crippen LogP contribution is -2.50. The standard InChI is InChI=1S/C20H26N4O6S/c1-4-30-20(27)24-11-9-23(10-12-24)17-16(18(25)22(2)19(26)21-17)13-14-5-7-15(8-6-14)31(3,28)29/h5-8H,4,9-13H2,1-3H3,(H,21,26). The second kappa shape index (κ2) is 8.96. The van der Waals surface area contributed by atoms with Crippen LogP contribution in [0.5, 0.6) is 0 Å². The van der Waals surface area contributed by atoms with Crippen molar-refractivity contribution in [2.45, 2.75) is 18.2 Å². The number of hydrogen-bond acceptors (Lipinski definition) is 7. The van der Waals surface area contributed by atoms with Crippen molar-refractivity contribution in [2.75, 3.05) is 43.9 Å². The molecule has 0 aliphatic carbocycles. The van der Waals surface area contributed by atoms with Crippen molar-refractivity contribution < 1.29 is 17.9 Å². The molecule has 1 saturated heterocycles. The Bertz CT molecular complexity index is 1180. The fraction of sp³-hybridized carbons (Fsp3) is 0.450. The molecule has 1 N–H and O–H groups in total. The first kappa shape index (κ1) is 22.6. The van der Waals surface area contributed by atoms with E-state index in [2.05, 4.69) is 4.98 Å². The quantitative estimate of drug-likeness (QED) is 0.697. The highest BCUT2D eigenvalue weighted by Gasteiger charge is 2.25. The third kappa shape index (κ3) is 4.98. The number of nitrogens with zero attached hydrogens (tertiary/aromatic N) is 3. The third-order valence-electron chi connectivity index (χ3n) is 5.23. The minimum atomic E-state index is -3.32. The molecular formula is C20H26N4O6S. The Kier molecular flexibility index (Phi) is 6.54. The molecule has 11 heteroatoms. The summed E-state index contributed by atoms with van der Waals surface area (Å²) >= 11 is 0. The molecule has 0 saturated carbocycles. The summed E-state index contributed by atoms with van der Waals surface area (Å²) in [6.07, 6.45) is 0.972. The summed E-state index contributed by atoms with van der Waals surface area (Å²) in [5, 5.41) is 0. The minimum Gasteiger partial charge on any atom is -0.450 e. The second-order valence-corrected chi connectivity index (χ2v) is 9.40. The number of benzene rings is 1. The molecule has 1 aliphatic rings. The molecule has 1 fully saturated rings. The Labute approximate surface area is 180 Å². The van der Waals surface area contributed by atoms with Crippen molar-refractivity contribution in [3.63, 3.8) is 0 Å². The van der Waals surface area contributed by atoms with Gasteiger partial charge in [0.15, 0.2) is 9.84 Å². The maximum Gasteiger partial charge on any atom is 0.409 e. The first-order chi connectivity index (χ1) is 14.6. The third-order valence-corrected chi connectivity index (χ3v) is 6.36. The SMILES string of the molecule is CCOC(=O)N1CCN(c2[nH]c(=O)n(C)c(=O)c2Cc2ccc(S(C)(=O)=O)cc2)CC1. The fourth-order valence-electron chi connectivity index (χ4n) is 3.47. The predicted molar refractivity (Wildman–Crippen MR) is 115 cm³/mol. The molecule has 2 aromatic rings. The maximum absolute atomic E-state index is 12.9. The van der Waals surface area contributed by atoms with Crippen molar-refractivity contribution in [2.24, 2.45) is 7.05 Å². The van der Waals surface area contributed by atoms with Crippen molar-refractivity contribution in [3.05, 3.63) is 56.2 Å². The highest BCUT2D eigenvalue weighted by atomic mass is 32.2. The number of rotatable bonds is 5. The molecule has 0 atom stereocenters. The molecule has 1 amide bonds. The molecule has 168 valence electrons. The summed E-state index contributed by atoms with van der Waals surface area (Å²) in [5.41, 5.74) is 0.199. The Morgan fingerprint density at radius 3 is 2.26 bits per heavy atom. The van der Waals surface area contributed by atoms with E-state index in [0.29, 0.717) is 44.2 Å². The van der Waals surface area contributed by atoms with Crippen LogP contribution in [0.3, 0.4) is 0 Å². The Hall–Kier alpha value is -3.08. The van der Waals surface area contributed by atoms with Crippen LogP contribution in [-0.4, -0.2) is 68.0 Å². The van der Waals surface area contributed by atoms with Gasteiger partial charge < -0.3 is 14.5 Å². The zero-order chi connectivity index (χ0) is 22.8. The largest absolute Gasteiger partial charge is 0.450 e. The van der Waals surface area contributed by atoms with E-state index in [1.165, 1.54) is 19.2 Å². The van der Waals surface area contributed by atoms with E-state index in [1.807, 2.05) is 4.90 Å². The lowest BCUT2D eigenvalue weighted by Gasteiger charge is -2.35. The van der Waals surface area contributed by atoms with E-state index in [-0.39, 0.29) is 17.4 Å². The topological polar surface area (TPSA) is 122 Å². The van der Waals surface area contributed by atoms with Gasteiger partial charge in [0, 0.05) is 45.9 Å². The first-order valence-corrected chi connectivity index (χ1v) is 11.8. The zero-order valence-electron chi connectivity index (χ0n) is 17.8. The summed E-state index contributed by atoms with van der Waals surface area (Å²) < 4.78 is 29.4. The van der Waals surface area contributed by atoms with Gasteiger partial charge in [0.25, 0.3) is 5.56 Å². The number of anilines is 1. The van der Waals surface area contributed by atoms with Crippen LogP contribution in [0.1, 0.15) is 18.1 Å². The van der Waals surface area contributed by atoms with Crippen molar-refractivity contribution in [1.29, 1.82) is 0 Å². The summed E-state index contributed by atoms with van der Waals surface area (Å²) in [6.45, 7) is 3.71. The van der Waals surface area contributed by atoms with Crippen LogP contribution < -0.4 is 16.1 Å². The molecule has 1 aromatic carbocycles. The van der Waals surface area contributed by atoms with E-state index < -0.39 is 21.1 Å². The molecule has 31 heavy (non-hydrogen) atoms. The number of nitrogens with one attached hydrogen (secondary N) is 1. The minimum absolute atomic E-state index is 0.195. The average molecular weight is 451 g/mol. The molecule has 1 aliphatic heterocycles. The number of carbonyl (C=O) groups is 1. The fourth-order valence-corrected chi connectivity index (χ4v) is 4.10. The number of ether oxygens (including phenoxy) is 1. The first-order valence-electron chi connectivity index (χ1n) is 9.89. The van der Waals surface area contributed by atoms with Gasteiger partial charge in [-0.3, -0.25) is 14.3 Å². The van der Waals surface area contributed by atoms with E-state index in [9.17, 15) is 22.8 Å². The van der Waals surface area contributed by atoms with E-state index >= 15 is 0 Å². The Morgan fingerprint density at radius 2 is 1.71 bits per heavy atom. The number of aromatic nitrogens is 2. The average Bonchev–Trinajstić information content (AvgIpc) is 2.74. The highest BCUT2D eigenvalue weighted by molar-refractivity contribution is 7.90. The number of H-pyrrole nitrogens is 1. The monoisotopic (exact) mass is 450 g/mol. The summed E-state index contributed by atoms with van der Waals surface area (Å²) in [7, 11) is -1.92. The van der Waals surface area contributed by atoms with E-state index in [0.717, 1.165) is 16.4 Å². The van der Waals surface area contributed by atoms with Crippen LogP contribution in [0, 0.1) is 0 Å². The Balaban J connectivity index is 1.90. The number of sulfone groups is 1. The van der Waals surface area contributed by atoms with E-state index in [1.54, 1.807) is 24.0 Å². The zero-order valence-corrected chi connectivity index (χ0v) is 18.6. The lowest BCUT2D eigenvalue weighted by molar-refractivity contribution is 0.105. The molecule has 0 spiro atoms. The van der Waals surface area contributed by atoms with Gasteiger partial charge in [0.05, 0.1) is 17.1 Å². The molecule has 3 rings (SSSR count). The number of amides is 1. The van der Waals surface area contributed by atoms with Crippen LogP contribution in [0.2, 0.25) is 0 Å². The molecular weight excluding hydrogens is 424 g/mol. The molecule has 0 bridgehead atoms. The van der Waals surface area contributed by atoms with Gasteiger partial charge >= 0.3 is 11.8 Å². The molecule has 1 aromatic heterocycles. The van der Waals surface area contributed by atoms with Gasteiger partial charge in [-0.05, 0) is 24.6 Å². The second-order valence-electron chi connectivity index (χ2n) is 7.39. The maximum atomic E-state index is 12.9. The molecule has 0 unspecified atom stereocenters.